The fourth-order valence-corrected chi connectivity index (χ4v) is 5.93. The van der Waals surface area contributed by atoms with Gasteiger partial charge < -0.3 is 24.4 Å². The van der Waals surface area contributed by atoms with E-state index >= 15 is 4.39 Å². The maximum absolute atomic E-state index is 15.1. The number of rotatable bonds is 4. The standard InChI is InChI=1S/C32H37FN2O4/c1-32(2,3)39-31(37)35-17-15-34(16-18-35)22-10-13-27(29(20-22)38-4)30-24-14-11-23(36)19-21(24)9-12-26(30)25-7-5-6-8-28(25)33/h5-8,10-11,13-14,19-20,26,30,36H,9,12,15-18H2,1-4H3. The van der Waals surface area contributed by atoms with Crippen LogP contribution >= 0.6 is 0 Å². The third-order valence-electron chi connectivity index (χ3n) is 7.74. The minimum absolute atomic E-state index is 0.0691. The molecule has 3 aromatic rings. The van der Waals surface area contributed by atoms with Crippen LogP contribution in [0, 0.1) is 5.82 Å². The van der Waals surface area contributed by atoms with Crippen LogP contribution in [0.5, 0.6) is 11.5 Å². The molecule has 2 unspecified atom stereocenters. The number of methoxy groups -OCH3 is 1. The molecule has 1 heterocycles. The molecule has 6 nitrogen and oxygen atoms in total. The van der Waals surface area contributed by atoms with Crippen molar-refractivity contribution in [2.75, 3.05) is 38.2 Å². The Hall–Kier alpha value is -3.74. The summed E-state index contributed by atoms with van der Waals surface area (Å²) in [6.45, 7) is 8.15. The number of nitrogens with zero attached hydrogens (tertiary/aromatic N) is 2. The second-order valence-corrected chi connectivity index (χ2v) is 11.4. The number of hydrogen-bond acceptors (Lipinski definition) is 5. The van der Waals surface area contributed by atoms with Gasteiger partial charge in [-0.05, 0) is 80.5 Å². The third-order valence-corrected chi connectivity index (χ3v) is 7.74. The zero-order valence-corrected chi connectivity index (χ0v) is 23.1. The molecule has 1 aliphatic heterocycles. The van der Waals surface area contributed by atoms with E-state index in [1.807, 2.05) is 51.1 Å². The molecule has 0 spiro atoms. The Bertz CT molecular complexity index is 1340. The fraction of sp³-hybridized carbons (Fsp3) is 0.406. The van der Waals surface area contributed by atoms with Crippen molar-refractivity contribution in [3.63, 3.8) is 0 Å². The van der Waals surface area contributed by atoms with Gasteiger partial charge >= 0.3 is 6.09 Å². The summed E-state index contributed by atoms with van der Waals surface area (Å²) in [5, 5.41) is 10.1. The molecule has 1 aliphatic carbocycles. The molecule has 2 atom stereocenters. The number of halogens is 1. The van der Waals surface area contributed by atoms with E-state index in [0.717, 1.165) is 41.0 Å². The number of phenols is 1. The van der Waals surface area contributed by atoms with E-state index in [9.17, 15) is 9.90 Å². The number of aromatic hydroxyl groups is 1. The first-order valence-electron chi connectivity index (χ1n) is 13.6. The first-order valence-corrected chi connectivity index (χ1v) is 13.6. The summed E-state index contributed by atoms with van der Waals surface area (Å²) in [5.41, 5.74) is 4.36. The highest BCUT2D eigenvalue weighted by Gasteiger charge is 2.35. The predicted octanol–water partition coefficient (Wildman–Crippen LogP) is 6.46. The molecular formula is C32H37FN2O4. The lowest BCUT2D eigenvalue weighted by Crippen LogP contribution is -2.50. The molecule has 0 saturated carbocycles. The molecule has 1 fully saturated rings. The molecule has 1 saturated heterocycles. The molecule has 1 N–H and O–H groups in total. The van der Waals surface area contributed by atoms with Gasteiger partial charge in [0.15, 0.2) is 0 Å². The summed E-state index contributed by atoms with van der Waals surface area (Å²) in [6, 6.07) is 18.7. The fourth-order valence-electron chi connectivity index (χ4n) is 5.93. The number of piperazine rings is 1. The van der Waals surface area contributed by atoms with Crippen molar-refractivity contribution >= 4 is 11.8 Å². The molecule has 39 heavy (non-hydrogen) atoms. The van der Waals surface area contributed by atoms with Crippen molar-refractivity contribution in [3.8, 4) is 11.5 Å². The molecule has 7 heteroatoms. The molecule has 5 rings (SSSR count). The number of anilines is 1. The van der Waals surface area contributed by atoms with Gasteiger partial charge in [-0.25, -0.2) is 9.18 Å². The smallest absolute Gasteiger partial charge is 0.410 e. The van der Waals surface area contributed by atoms with Gasteiger partial charge in [0.1, 0.15) is 22.9 Å². The van der Waals surface area contributed by atoms with Gasteiger partial charge in [0.05, 0.1) is 7.11 Å². The normalized spacial score (nSPS) is 19.4. The largest absolute Gasteiger partial charge is 0.508 e. The third kappa shape index (κ3) is 5.68. The topological polar surface area (TPSA) is 62.2 Å². The van der Waals surface area contributed by atoms with E-state index in [1.54, 1.807) is 24.1 Å². The number of carbonyl (C=O) groups is 1. The number of aryl methyl sites for hydroxylation is 1. The van der Waals surface area contributed by atoms with E-state index in [1.165, 1.54) is 6.07 Å². The zero-order chi connectivity index (χ0) is 27.7. The highest BCUT2D eigenvalue weighted by molar-refractivity contribution is 5.69. The molecule has 206 valence electrons. The Morgan fingerprint density at radius 1 is 0.949 bits per heavy atom. The quantitative estimate of drug-likeness (QED) is 0.418. The maximum Gasteiger partial charge on any atom is 0.410 e. The van der Waals surface area contributed by atoms with Crippen LogP contribution in [0.15, 0.2) is 60.7 Å². The Morgan fingerprint density at radius 2 is 1.67 bits per heavy atom. The van der Waals surface area contributed by atoms with Crippen LogP contribution in [0.2, 0.25) is 0 Å². The van der Waals surface area contributed by atoms with Gasteiger partial charge in [-0.2, -0.15) is 0 Å². The van der Waals surface area contributed by atoms with E-state index in [0.29, 0.717) is 31.7 Å². The van der Waals surface area contributed by atoms with Crippen LogP contribution in [0.3, 0.4) is 0 Å². The van der Waals surface area contributed by atoms with Gasteiger partial charge in [-0.15, -0.1) is 0 Å². The first-order chi connectivity index (χ1) is 18.6. The van der Waals surface area contributed by atoms with Crippen LogP contribution in [0.4, 0.5) is 14.9 Å². The molecule has 2 aliphatic rings. The van der Waals surface area contributed by atoms with Crippen LogP contribution in [-0.2, 0) is 11.2 Å². The average Bonchev–Trinajstić information content (AvgIpc) is 2.91. The number of amides is 1. The molecular weight excluding hydrogens is 495 g/mol. The van der Waals surface area contributed by atoms with Crippen LogP contribution in [0.25, 0.3) is 0 Å². The maximum atomic E-state index is 15.1. The molecule has 3 aromatic carbocycles. The number of hydrogen-bond donors (Lipinski definition) is 1. The van der Waals surface area contributed by atoms with E-state index in [2.05, 4.69) is 17.0 Å². The van der Waals surface area contributed by atoms with Crippen molar-refractivity contribution in [3.05, 3.63) is 88.7 Å². The molecule has 1 amide bonds. The van der Waals surface area contributed by atoms with Gasteiger partial charge in [-0.1, -0.05) is 30.3 Å². The SMILES string of the molecule is COc1cc(N2CCN(C(=O)OC(C)(C)C)CC2)ccc1C1c2ccc(O)cc2CCC1c1ccccc1F. The minimum atomic E-state index is -0.519. The Morgan fingerprint density at radius 3 is 2.36 bits per heavy atom. The van der Waals surface area contributed by atoms with E-state index in [-0.39, 0.29) is 29.5 Å². The predicted molar refractivity (Wildman–Crippen MR) is 150 cm³/mol. The van der Waals surface area contributed by atoms with E-state index < -0.39 is 5.60 Å². The Balaban J connectivity index is 1.45. The summed E-state index contributed by atoms with van der Waals surface area (Å²) in [6.07, 6.45) is 1.25. The number of fused-ring (bicyclic) bond motifs is 1. The first kappa shape index (κ1) is 26.9. The lowest BCUT2D eigenvalue weighted by molar-refractivity contribution is 0.0240. The second-order valence-electron chi connectivity index (χ2n) is 11.4. The van der Waals surface area contributed by atoms with Crippen molar-refractivity contribution in [2.24, 2.45) is 0 Å². The summed E-state index contributed by atoms with van der Waals surface area (Å²) >= 11 is 0. The average molecular weight is 533 g/mol. The van der Waals surface area contributed by atoms with Gasteiger partial charge in [0, 0.05) is 49.4 Å². The summed E-state index contributed by atoms with van der Waals surface area (Å²) < 4.78 is 26.5. The van der Waals surface area contributed by atoms with Crippen molar-refractivity contribution < 1.29 is 23.8 Å². The van der Waals surface area contributed by atoms with Crippen LogP contribution in [-0.4, -0.2) is 55.0 Å². The number of benzene rings is 3. The van der Waals surface area contributed by atoms with Crippen LogP contribution < -0.4 is 9.64 Å². The van der Waals surface area contributed by atoms with Gasteiger partial charge in [-0.3, -0.25) is 0 Å². The monoisotopic (exact) mass is 532 g/mol. The van der Waals surface area contributed by atoms with Gasteiger partial charge in [0.25, 0.3) is 0 Å². The summed E-state index contributed by atoms with van der Waals surface area (Å²) in [7, 11) is 1.67. The number of ether oxygens (including phenoxy) is 2. The van der Waals surface area contributed by atoms with Crippen molar-refractivity contribution in [1.29, 1.82) is 0 Å². The summed E-state index contributed by atoms with van der Waals surface area (Å²) in [4.78, 5) is 16.5. The number of phenolic OH excluding ortho intramolecular Hbond substituents is 1. The number of carbonyl (C=O) groups excluding carboxylic acids is 1. The molecule has 0 radical (unpaired) electrons. The minimum Gasteiger partial charge on any atom is -0.508 e. The lowest BCUT2D eigenvalue weighted by Gasteiger charge is -2.38. The van der Waals surface area contributed by atoms with Crippen molar-refractivity contribution in [1.82, 2.24) is 4.90 Å². The lowest BCUT2D eigenvalue weighted by atomic mass is 9.69. The Labute approximate surface area is 230 Å². The zero-order valence-electron chi connectivity index (χ0n) is 23.1. The highest BCUT2D eigenvalue weighted by atomic mass is 19.1. The van der Waals surface area contributed by atoms with Crippen LogP contribution in [0.1, 0.15) is 61.3 Å². The summed E-state index contributed by atoms with van der Waals surface area (Å²) in [5.74, 6) is 0.590. The molecule has 0 bridgehead atoms. The highest BCUT2D eigenvalue weighted by Crippen LogP contribution is 2.50. The van der Waals surface area contributed by atoms with Crippen molar-refractivity contribution in [2.45, 2.75) is 51.0 Å². The van der Waals surface area contributed by atoms with Gasteiger partial charge in [0.2, 0.25) is 0 Å². The Kier molecular flexibility index (Phi) is 7.43. The van der Waals surface area contributed by atoms with E-state index in [4.69, 9.17) is 9.47 Å². The molecule has 0 aromatic heterocycles. The second kappa shape index (κ2) is 10.8.